The van der Waals surface area contributed by atoms with Crippen molar-refractivity contribution in [3.8, 4) is 0 Å². The van der Waals surface area contributed by atoms with Crippen LogP contribution >= 0.6 is 23.4 Å². The van der Waals surface area contributed by atoms with Crippen molar-refractivity contribution in [1.29, 1.82) is 0 Å². The molecule has 136 valence electrons. The van der Waals surface area contributed by atoms with Crippen LogP contribution in [0.3, 0.4) is 0 Å². The topological polar surface area (TPSA) is 122 Å². The molecule has 1 unspecified atom stereocenters. The normalized spacial score (nSPS) is 25.6. The highest BCUT2D eigenvalue weighted by atomic mass is 35.5. The molecule has 0 aromatic rings. The molecule has 0 radical (unpaired) electrons. The minimum absolute atomic E-state index is 0.0191. The molecule has 0 spiro atoms. The molecule has 0 N–H and O–H groups in total. The van der Waals surface area contributed by atoms with Crippen molar-refractivity contribution in [3.05, 3.63) is 21.7 Å². The summed E-state index contributed by atoms with van der Waals surface area (Å²) in [6.07, 6.45) is 0. The van der Waals surface area contributed by atoms with Crippen LogP contribution in [0.1, 0.15) is 27.7 Å². The first-order chi connectivity index (χ1) is 11.5. The Bertz CT molecular complexity index is 713. The number of fused-ring (bicyclic) bond motifs is 1. The fourth-order valence-electron chi connectivity index (χ4n) is 2.33. The maximum Gasteiger partial charge on any atom is 0.355 e. The number of amides is 1. The second-order valence-corrected chi connectivity index (χ2v) is 8.08. The van der Waals surface area contributed by atoms with Crippen LogP contribution in [0.25, 0.3) is 10.4 Å². The molecule has 25 heavy (non-hydrogen) atoms. The van der Waals surface area contributed by atoms with Crippen molar-refractivity contribution in [2.75, 3.05) is 12.4 Å². The van der Waals surface area contributed by atoms with E-state index in [4.69, 9.17) is 26.6 Å². The minimum Gasteiger partial charge on any atom is -0.461 e. The Morgan fingerprint density at radius 3 is 2.68 bits per heavy atom. The number of halogens is 1. The summed E-state index contributed by atoms with van der Waals surface area (Å²) >= 11 is 7.33. The number of alkyl halides is 1. The Morgan fingerprint density at radius 2 is 2.16 bits per heavy atom. The lowest BCUT2D eigenvalue weighted by Gasteiger charge is -2.52. The van der Waals surface area contributed by atoms with Crippen LogP contribution in [0, 0.1) is 0 Å². The maximum atomic E-state index is 12.6. The summed E-state index contributed by atoms with van der Waals surface area (Å²) in [4.78, 5) is 38.1. The SMILES string of the molecule is CC(=O)OCC1=C(C(=O)OC(C)(C)C)N2C(=O)C(Cl)(N=[N+]=[N-])[C@H]2SC1. The van der Waals surface area contributed by atoms with E-state index in [9.17, 15) is 14.4 Å². The average Bonchev–Trinajstić information content (AvgIpc) is 2.49. The summed E-state index contributed by atoms with van der Waals surface area (Å²) in [6.45, 7) is 6.17. The number of nitrogens with zero attached hydrogens (tertiary/aromatic N) is 4. The molecule has 0 saturated carbocycles. The van der Waals surface area contributed by atoms with E-state index >= 15 is 0 Å². The molecule has 0 aromatic heterocycles. The highest BCUT2D eigenvalue weighted by Gasteiger charge is 2.64. The van der Waals surface area contributed by atoms with Gasteiger partial charge in [0.1, 0.15) is 23.3 Å². The zero-order valence-corrected chi connectivity index (χ0v) is 15.7. The first kappa shape index (κ1) is 19.4. The van der Waals surface area contributed by atoms with Gasteiger partial charge in [0.2, 0.25) is 5.00 Å². The van der Waals surface area contributed by atoms with Crippen molar-refractivity contribution in [1.82, 2.24) is 4.90 Å². The number of rotatable bonds is 4. The van der Waals surface area contributed by atoms with E-state index in [0.29, 0.717) is 5.57 Å². The summed E-state index contributed by atoms with van der Waals surface area (Å²) < 4.78 is 10.3. The lowest BCUT2D eigenvalue weighted by atomic mass is 10.0. The van der Waals surface area contributed by atoms with Crippen LogP contribution in [0.2, 0.25) is 0 Å². The third kappa shape index (κ3) is 3.70. The highest BCUT2D eigenvalue weighted by Crippen LogP contribution is 2.50. The molecule has 1 fully saturated rings. The van der Waals surface area contributed by atoms with Gasteiger partial charge in [-0.05, 0) is 26.3 Å². The minimum atomic E-state index is -1.78. The zero-order valence-electron chi connectivity index (χ0n) is 14.1. The first-order valence-corrected chi connectivity index (χ1v) is 8.73. The molecule has 2 aliphatic rings. The van der Waals surface area contributed by atoms with E-state index in [0.717, 1.165) is 4.90 Å². The predicted octanol–water partition coefficient (Wildman–Crippen LogP) is 2.31. The summed E-state index contributed by atoms with van der Waals surface area (Å²) in [5.74, 6) is -1.69. The first-order valence-electron chi connectivity index (χ1n) is 7.30. The number of β-lactam (4-membered cyclic amide) rings is 1. The predicted molar refractivity (Wildman–Crippen MR) is 90.3 cm³/mol. The van der Waals surface area contributed by atoms with Gasteiger partial charge in [-0.3, -0.25) is 14.5 Å². The Balaban J connectivity index is 2.40. The molecule has 2 atom stereocenters. The van der Waals surface area contributed by atoms with Crippen molar-refractivity contribution in [2.45, 2.75) is 43.7 Å². The highest BCUT2D eigenvalue weighted by molar-refractivity contribution is 8.00. The number of hydrogen-bond donors (Lipinski definition) is 0. The number of esters is 2. The standard InChI is InChI=1S/C14H17ClN4O5S/c1-7(20)23-5-8-6-25-12-14(15,17-18-16)11(22)19(12)9(8)10(21)24-13(2,3)4/h12H,5-6H2,1-4H3/t12-,14?/m1/s1. The van der Waals surface area contributed by atoms with Crippen molar-refractivity contribution >= 4 is 41.2 Å². The van der Waals surface area contributed by atoms with Crippen LogP contribution in [-0.4, -0.2) is 51.1 Å². The van der Waals surface area contributed by atoms with Gasteiger partial charge in [-0.1, -0.05) is 16.7 Å². The van der Waals surface area contributed by atoms with Gasteiger partial charge in [-0.25, -0.2) is 4.79 Å². The second kappa shape index (κ2) is 6.78. The van der Waals surface area contributed by atoms with Gasteiger partial charge >= 0.3 is 11.9 Å². The van der Waals surface area contributed by atoms with Gasteiger partial charge in [0.05, 0.1) is 0 Å². The molecule has 1 saturated heterocycles. The lowest BCUT2D eigenvalue weighted by molar-refractivity contribution is -0.159. The fourth-order valence-corrected chi connectivity index (χ4v) is 4.04. The van der Waals surface area contributed by atoms with Crippen LogP contribution in [0.4, 0.5) is 0 Å². The Labute approximate surface area is 153 Å². The molecule has 9 nitrogen and oxygen atoms in total. The lowest BCUT2D eigenvalue weighted by Crippen LogP contribution is -2.70. The number of carbonyl (C=O) groups is 3. The summed E-state index contributed by atoms with van der Waals surface area (Å²) in [5.41, 5.74) is 8.26. The third-order valence-corrected chi connectivity index (χ3v) is 5.26. The number of thioether (sulfide) groups is 1. The molecule has 1 amide bonds. The zero-order chi connectivity index (χ0) is 19.0. The van der Waals surface area contributed by atoms with E-state index in [1.807, 2.05) is 0 Å². The van der Waals surface area contributed by atoms with E-state index < -0.39 is 33.8 Å². The van der Waals surface area contributed by atoms with E-state index in [1.54, 1.807) is 20.8 Å². The molecule has 0 aliphatic carbocycles. The molecular weight excluding hydrogens is 372 g/mol. The molecule has 0 aromatic carbocycles. The molecule has 11 heteroatoms. The molecule has 2 aliphatic heterocycles. The Morgan fingerprint density at radius 1 is 1.52 bits per heavy atom. The largest absolute Gasteiger partial charge is 0.461 e. The number of hydrogen-bond acceptors (Lipinski definition) is 7. The number of azide groups is 1. The monoisotopic (exact) mass is 388 g/mol. The van der Waals surface area contributed by atoms with Crippen LogP contribution in [0.5, 0.6) is 0 Å². The maximum absolute atomic E-state index is 12.6. The van der Waals surface area contributed by atoms with Crippen molar-refractivity contribution in [2.24, 2.45) is 5.11 Å². The second-order valence-electron chi connectivity index (χ2n) is 6.44. The summed E-state index contributed by atoms with van der Waals surface area (Å²) in [7, 11) is 0. The van der Waals surface area contributed by atoms with Gasteiger partial charge in [-0.2, -0.15) is 0 Å². The summed E-state index contributed by atoms with van der Waals surface area (Å²) in [6, 6.07) is 0. The number of ether oxygens (including phenoxy) is 2. The quantitative estimate of drug-likeness (QED) is 0.138. The van der Waals surface area contributed by atoms with Crippen LogP contribution in [-0.2, 0) is 23.9 Å². The summed E-state index contributed by atoms with van der Waals surface area (Å²) in [5, 5.41) is 2.63. The molecule has 2 rings (SSSR count). The van der Waals surface area contributed by atoms with Crippen LogP contribution < -0.4 is 0 Å². The number of carbonyl (C=O) groups excluding carboxylic acids is 3. The fraction of sp³-hybridized carbons (Fsp3) is 0.643. The average molecular weight is 389 g/mol. The third-order valence-electron chi connectivity index (χ3n) is 3.30. The van der Waals surface area contributed by atoms with E-state index in [2.05, 4.69) is 10.0 Å². The van der Waals surface area contributed by atoms with Crippen molar-refractivity contribution in [3.63, 3.8) is 0 Å². The molecule has 0 bridgehead atoms. The van der Waals surface area contributed by atoms with Gasteiger partial charge in [-0.15, -0.1) is 11.8 Å². The van der Waals surface area contributed by atoms with Gasteiger partial charge in [0.25, 0.3) is 5.91 Å². The Kier molecular flexibility index (Phi) is 5.27. The van der Waals surface area contributed by atoms with Gasteiger partial charge < -0.3 is 9.47 Å². The van der Waals surface area contributed by atoms with E-state index in [1.165, 1.54) is 18.7 Å². The molecule has 2 heterocycles. The van der Waals surface area contributed by atoms with Crippen molar-refractivity contribution < 1.29 is 23.9 Å². The van der Waals surface area contributed by atoms with Gasteiger partial charge in [0, 0.05) is 23.2 Å². The van der Waals surface area contributed by atoms with E-state index in [-0.39, 0.29) is 18.1 Å². The smallest absolute Gasteiger partial charge is 0.355 e. The van der Waals surface area contributed by atoms with Gasteiger partial charge in [0.15, 0.2) is 0 Å². The molecular formula is C14H17ClN4O5S. The Hall–Kier alpha value is -1.90. The van der Waals surface area contributed by atoms with Crippen LogP contribution in [0.15, 0.2) is 16.4 Å².